The quantitative estimate of drug-likeness (QED) is 0.711. The Bertz CT molecular complexity index is 782. The Labute approximate surface area is 170 Å². The van der Waals surface area contributed by atoms with Crippen molar-refractivity contribution in [3.63, 3.8) is 0 Å². The van der Waals surface area contributed by atoms with Crippen LogP contribution in [0.15, 0.2) is 30.3 Å². The van der Waals surface area contributed by atoms with Gasteiger partial charge in [0.25, 0.3) is 11.8 Å². The van der Waals surface area contributed by atoms with Gasteiger partial charge in [-0.2, -0.15) is 5.01 Å². The molecule has 1 atom stereocenters. The van der Waals surface area contributed by atoms with Gasteiger partial charge in [-0.05, 0) is 38.2 Å². The zero-order valence-corrected chi connectivity index (χ0v) is 16.8. The van der Waals surface area contributed by atoms with E-state index in [1.54, 1.807) is 6.92 Å². The highest BCUT2D eigenvalue weighted by molar-refractivity contribution is 6.07. The fourth-order valence-electron chi connectivity index (χ4n) is 3.71. The number of rotatable bonds is 6. The molecule has 2 heterocycles. The number of nitrogens with zero attached hydrogens (tertiary/aromatic N) is 2. The van der Waals surface area contributed by atoms with Crippen LogP contribution in [0, 0.1) is 0 Å². The van der Waals surface area contributed by atoms with Crippen LogP contribution >= 0.6 is 0 Å². The molecule has 1 unspecified atom stereocenters. The number of hydrogen-bond donors (Lipinski definition) is 2. The van der Waals surface area contributed by atoms with Crippen molar-refractivity contribution in [1.29, 1.82) is 0 Å². The van der Waals surface area contributed by atoms with E-state index < -0.39 is 23.4 Å². The second-order valence-corrected chi connectivity index (χ2v) is 7.90. The van der Waals surface area contributed by atoms with E-state index in [9.17, 15) is 19.2 Å². The maximum absolute atomic E-state index is 12.8. The molecule has 0 aromatic heterocycles. The molecule has 3 rings (SSSR count). The van der Waals surface area contributed by atoms with E-state index in [1.807, 2.05) is 30.3 Å². The van der Waals surface area contributed by atoms with Gasteiger partial charge in [-0.1, -0.05) is 43.2 Å². The van der Waals surface area contributed by atoms with Crippen LogP contribution in [-0.4, -0.2) is 52.3 Å². The molecule has 2 saturated heterocycles. The first-order chi connectivity index (χ1) is 13.9. The SMILES string of the molecule is CC1(CCc2ccccc2)NC(=O)N(NC(=O)CN2CCCCCCC2=O)C1=O. The number of likely N-dealkylation sites (tertiary alicyclic amines) is 1. The van der Waals surface area contributed by atoms with Crippen molar-refractivity contribution < 1.29 is 19.2 Å². The van der Waals surface area contributed by atoms with Crippen LogP contribution in [0.4, 0.5) is 4.79 Å². The lowest BCUT2D eigenvalue weighted by atomic mass is 9.93. The number of urea groups is 1. The van der Waals surface area contributed by atoms with Gasteiger partial charge in [-0.3, -0.25) is 19.8 Å². The van der Waals surface area contributed by atoms with Gasteiger partial charge < -0.3 is 10.2 Å². The summed E-state index contributed by atoms with van der Waals surface area (Å²) >= 11 is 0. The van der Waals surface area contributed by atoms with Crippen LogP contribution in [0.1, 0.15) is 51.0 Å². The van der Waals surface area contributed by atoms with Crippen molar-refractivity contribution in [2.24, 2.45) is 0 Å². The molecule has 0 radical (unpaired) electrons. The van der Waals surface area contributed by atoms with Crippen LogP contribution in [0.3, 0.4) is 0 Å². The predicted molar refractivity (Wildman–Crippen MR) is 106 cm³/mol. The number of hydrazine groups is 1. The third-order valence-electron chi connectivity index (χ3n) is 5.51. The summed E-state index contributed by atoms with van der Waals surface area (Å²) in [6, 6.07) is 9.03. The Morgan fingerprint density at radius 3 is 2.59 bits per heavy atom. The van der Waals surface area contributed by atoms with E-state index in [-0.39, 0.29) is 12.5 Å². The Balaban J connectivity index is 1.57. The van der Waals surface area contributed by atoms with Crippen LogP contribution in [-0.2, 0) is 20.8 Å². The van der Waals surface area contributed by atoms with Crippen molar-refractivity contribution in [3.8, 4) is 0 Å². The van der Waals surface area contributed by atoms with Gasteiger partial charge in [-0.25, -0.2) is 4.79 Å². The Morgan fingerprint density at radius 2 is 1.83 bits per heavy atom. The predicted octanol–water partition coefficient (Wildman–Crippen LogP) is 1.75. The minimum atomic E-state index is -1.09. The number of carbonyl (C=O) groups excluding carboxylic acids is 4. The monoisotopic (exact) mass is 400 g/mol. The van der Waals surface area contributed by atoms with Gasteiger partial charge in [0.1, 0.15) is 12.1 Å². The molecule has 0 aliphatic carbocycles. The van der Waals surface area contributed by atoms with Gasteiger partial charge >= 0.3 is 6.03 Å². The molecular formula is C21H28N4O4. The van der Waals surface area contributed by atoms with E-state index >= 15 is 0 Å². The number of benzene rings is 1. The summed E-state index contributed by atoms with van der Waals surface area (Å²) in [4.78, 5) is 51.2. The fraction of sp³-hybridized carbons (Fsp3) is 0.524. The molecule has 0 spiro atoms. The van der Waals surface area contributed by atoms with E-state index in [1.165, 1.54) is 4.90 Å². The van der Waals surface area contributed by atoms with E-state index in [0.717, 1.165) is 36.3 Å². The van der Waals surface area contributed by atoms with Crippen LogP contribution in [0.2, 0.25) is 0 Å². The molecule has 1 aromatic rings. The summed E-state index contributed by atoms with van der Waals surface area (Å²) < 4.78 is 0. The minimum Gasteiger partial charge on any atom is -0.333 e. The van der Waals surface area contributed by atoms with Gasteiger partial charge in [-0.15, -0.1) is 0 Å². The summed E-state index contributed by atoms with van der Waals surface area (Å²) in [5, 5.41) is 3.42. The summed E-state index contributed by atoms with van der Waals surface area (Å²) in [6.45, 7) is 2.02. The first kappa shape index (κ1) is 20.8. The second kappa shape index (κ2) is 9.07. The minimum absolute atomic E-state index is 0.0650. The van der Waals surface area contributed by atoms with Crippen LogP contribution in [0.5, 0.6) is 0 Å². The number of imide groups is 1. The Kier molecular flexibility index (Phi) is 6.51. The topological polar surface area (TPSA) is 98.8 Å². The molecule has 8 nitrogen and oxygen atoms in total. The molecule has 2 aliphatic rings. The van der Waals surface area contributed by atoms with Crippen molar-refractivity contribution in [2.45, 2.75) is 57.4 Å². The summed E-state index contributed by atoms with van der Waals surface area (Å²) in [5.41, 5.74) is 2.35. The smallest absolute Gasteiger partial charge is 0.333 e. The average Bonchev–Trinajstić information content (AvgIpc) is 2.90. The molecule has 156 valence electrons. The van der Waals surface area contributed by atoms with Gasteiger partial charge in [0.05, 0.1) is 0 Å². The normalized spacial score (nSPS) is 22.9. The van der Waals surface area contributed by atoms with E-state index in [2.05, 4.69) is 10.7 Å². The lowest BCUT2D eigenvalue weighted by Gasteiger charge is -2.25. The number of aryl methyl sites for hydroxylation is 1. The number of carbonyl (C=O) groups is 4. The first-order valence-corrected chi connectivity index (χ1v) is 10.2. The second-order valence-electron chi connectivity index (χ2n) is 7.90. The first-order valence-electron chi connectivity index (χ1n) is 10.2. The zero-order valence-electron chi connectivity index (χ0n) is 16.8. The summed E-state index contributed by atoms with van der Waals surface area (Å²) in [5.74, 6) is -1.11. The highest BCUT2D eigenvalue weighted by Gasteiger charge is 2.48. The molecule has 2 aliphatic heterocycles. The van der Waals surface area contributed by atoms with Gasteiger partial charge in [0, 0.05) is 13.0 Å². The van der Waals surface area contributed by atoms with Crippen molar-refractivity contribution in [3.05, 3.63) is 35.9 Å². The highest BCUT2D eigenvalue weighted by Crippen LogP contribution is 2.22. The molecule has 29 heavy (non-hydrogen) atoms. The molecule has 2 N–H and O–H groups in total. The average molecular weight is 400 g/mol. The Hall–Kier alpha value is -2.90. The van der Waals surface area contributed by atoms with Crippen molar-refractivity contribution in [2.75, 3.05) is 13.1 Å². The maximum Gasteiger partial charge on any atom is 0.344 e. The molecule has 0 saturated carbocycles. The maximum atomic E-state index is 12.8. The third kappa shape index (κ3) is 5.13. The van der Waals surface area contributed by atoms with Crippen LogP contribution in [0.25, 0.3) is 0 Å². The molecular weight excluding hydrogens is 372 g/mol. The summed E-state index contributed by atoms with van der Waals surface area (Å²) in [6.07, 6.45) is 5.18. The zero-order chi connectivity index (χ0) is 20.9. The number of nitrogens with one attached hydrogen (secondary N) is 2. The lowest BCUT2D eigenvalue weighted by molar-refractivity contribution is -0.141. The highest BCUT2D eigenvalue weighted by atomic mass is 16.2. The van der Waals surface area contributed by atoms with Crippen molar-refractivity contribution >= 4 is 23.8 Å². The number of hydrogen-bond acceptors (Lipinski definition) is 4. The van der Waals surface area contributed by atoms with Gasteiger partial charge in [0.15, 0.2) is 0 Å². The molecule has 8 heteroatoms. The van der Waals surface area contributed by atoms with Gasteiger partial charge in [0.2, 0.25) is 5.91 Å². The molecule has 5 amide bonds. The largest absolute Gasteiger partial charge is 0.344 e. The lowest BCUT2D eigenvalue weighted by Crippen LogP contribution is -2.52. The fourth-order valence-corrected chi connectivity index (χ4v) is 3.71. The molecule has 2 fully saturated rings. The Morgan fingerprint density at radius 1 is 1.10 bits per heavy atom. The number of amides is 5. The summed E-state index contributed by atoms with van der Waals surface area (Å²) in [7, 11) is 0. The third-order valence-corrected chi connectivity index (χ3v) is 5.51. The van der Waals surface area contributed by atoms with Crippen molar-refractivity contribution in [1.82, 2.24) is 20.7 Å². The molecule has 1 aromatic carbocycles. The standard InChI is InChI=1S/C21H28N4O4/c1-21(13-12-16-9-5-4-6-10-16)19(28)25(20(29)22-21)23-17(26)15-24-14-8-3-2-7-11-18(24)27/h4-6,9-10H,2-3,7-8,11-15H2,1H3,(H,22,29)(H,23,26). The van der Waals surface area contributed by atoms with Crippen LogP contribution < -0.4 is 10.7 Å². The van der Waals surface area contributed by atoms with E-state index in [4.69, 9.17) is 0 Å². The van der Waals surface area contributed by atoms with E-state index in [0.29, 0.717) is 25.8 Å². The molecule has 0 bridgehead atoms.